The minimum atomic E-state index is -1.33. The van der Waals surface area contributed by atoms with Gasteiger partial charge in [-0.05, 0) is 17.7 Å². The first-order valence-corrected chi connectivity index (χ1v) is 12.9. The molecule has 204 valence electrons. The molecule has 12 nitrogen and oxygen atoms in total. The predicted molar refractivity (Wildman–Crippen MR) is 140 cm³/mol. The third-order valence-corrected chi connectivity index (χ3v) is 7.12. The number of hydroxylamine groups is 2. The summed E-state index contributed by atoms with van der Waals surface area (Å²) < 4.78 is 4.92. The highest BCUT2D eigenvalue weighted by Crippen LogP contribution is 2.40. The fraction of sp³-hybridized carbons (Fsp3) is 0.269. The second-order valence-electron chi connectivity index (χ2n) is 8.58. The van der Waals surface area contributed by atoms with Crippen LogP contribution in [0.3, 0.4) is 0 Å². The number of carbonyl (C=O) groups is 5. The number of carbonyl (C=O) groups excluding carboxylic acids is 4. The summed E-state index contributed by atoms with van der Waals surface area (Å²) in [6.07, 6.45) is 0. The van der Waals surface area contributed by atoms with Crippen molar-refractivity contribution in [2.24, 2.45) is 0 Å². The number of amides is 4. The van der Waals surface area contributed by atoms with Gasteiger partial charge in [0.15, 0.2) is 0 Å². The molecule has 0 spiro atoms. The van der Waals surface area contributed by atoms with Gasteiger partial charge in [-0.1, -0.05) is 48.5 Å². The van der Waals surface area contributed by atoms with Crippen LogP contribution >= 0.6 is 11.8 Å². The Morgan fingerprint density at radius 1 is 1.05 bits per heavy atom. The maximum atomic E-state index is 12.9. The van der Waals surface area contributed by atoms with Crippen molar-refractivity contribution in [1.82, 2.24) is 15.3 Å². The molecule has 1 fully saturated rings. The van der Waals surface area contributed by atoms with E-state index < -0.39 is 47.7 Å². The lowest BCUT2D eigenvalue weighted by Crippen LogP contribution is -2.71. The number of urea groups is 1. The number of thioether (sulfide) groups is 1. The third kappa shape index (κ3) is 6.75. The summed E-state index contributed by atoms with van der Waals surface area (Å²) in [5.41, 5.74) is 1.30. The lowest BCUT2D eigenvalue weighted by molar-refractivity contribution is -0.155. The molecule has 2 aliphatic rings. The molecular formula is C26H26N4O8S. The van der Waals surface area contributed by atoms with E-state index in [1.54, 1.807) is 42.5 Å². The van der Waals surface area contributed by atoms with E-state index in [4.69, 9.17) is 9.57 Å². The molecule has 0 aromatic heterocycles. The van der Waals surface area contributed by atoms with Crippen molar-refractivity contribution in [1.29, 1.82) is 0 Å². The number of para-hydroxylation sites is 1. The van der Waals surface area contributed by atoms with Gasteiger partial charge < -0.3 is 20.5 Å². The van der Waals surface area contributed by atoms with Gasteiger partial charge in [0.25, 0.3) is 5.91 Å². The molecule has 0 bridgehead atoms. The topological polar surface area (TPSA) is 155 Å². The Kier molecular flexibility index (Phi) is 8.84. The van der Waals surface area contributed by atoms with E-state index in [1.807, 2.05) is 18.2 Å². The Morgan fingerprint density at radius 2 is 1.72 bits per heavy atom. The summed E-state index contributed by atoms with van der Waals surface area (Å²) in [5, 5.41) is 15.1. The largest absolute Gasteiger partial charge is 0.477 e. The fourth-order valence-corrected chi connectivity index (χ4v) is 5.27. The Hall–Kier alpha value is -4.36. The number of fused-ring (bicyclic) bond motifs is 1. The van der Waals surface area contributed by atoms with Gasteiger partial charge in [-0.15, -0.1) is 11.8 Å². The highest BCUT2D eigenvalue weighted by atomic mass is 32.2. The van der Waals surface area contributed by atoms with Crippen LogP contribution in [0.1, 0.15) is 12.5 Å². The zero-order valence-corrected chi connectivity index (χ0v) is 21.7. The molecule has 0 saturated carbocycles. The first kappa shape index (κ1) is 27.7. The molecule has 2 atom stereocenters. The SMILES string of the molecule is CC(=O)OCC1=C(C(=O)O)N2C(=O)[C@@H](NC(=O)CN(OCc3ccccc3)C(=O)Nc3ccccc3)C2SC1. The van der Waals surface area contributed by atoms with Crippen molar-refractivity contribution in [3.63, 3.8) is 0 Å². The number of nitrogens with one attached hydrogen (secondary N) is 2. The van der Waals surface area contributed by atoms with Gasteiger partial charge in [-0.25, -0.2) is 9.59 Å². The van der Waals surface area contributed by atoms with Crippen molar-refractivity contribution < 1.29 is 38.7 Å². The molecule has 4 amide bonds. The van der Waals surface area contributed by atoms with Crippen molar-refractivity contribution >= 4 is 47.2 Å². The first-order valence-electron chi connectivity index (χ1n) is 11.9. The summed E-state index contributed by atoms with van der Waals surface area (Å²) in [4.78, 5) is 68.5. The molecular weight excluding hydrogens is 528 g/mol. The molecule has 13 heteroatoms. The number of carboxylic acids is 1. The molecule has 1 saturated heterocycles. The number of hydrogen-bond acceptors (Lipinski definition) is 8. The normalized spacial score (nSPS) is 18.0. The molecule has 0 aliphatic carbocycles. The Labute approximate surface area is 227 Å². The smallest absolute Gasteiger partial charge is 0.352 e. The van der Waals surface area contributed by atoms with Crippen LogP contribution in [-0.2, 0) is 35.4 Å². The first-order chi connectivity index (χ1) is 18.7. The zero-order valence-electron chi connectivity index (χ0n) is 20.9. The zero-order chi connectivity index (χ0) is 27.9. The van der Waals surface area contributed by atoms with Crippen LogP contribution in [0, 0.1) is 0 Å². The molecule has 2 heterocycles. The van der Waals surface area contributed by atoms with Crippen LogP contribution in [0.5, 0.6) is 0 Å². The van der Waals surface area contributed by atoms with Crippen molar-refractivity contribution in [2.75, 3.05) is 24.2 Å². The van der Waals surface area contributed by atoms with E-state index in [-0.39, 0.29) is 30.2 Å². The van der Waals surface area contributed by atoms with Gasteiger partial charge >= 0.3 is 18.0 Å². The standard InChI is InChI=1S/C26H26N4O8S/c1-16(31)37-14-18-15-39-24-21(23(33)30(24)22(18)25(34)35)28-20(32)12-29(38-13-17-8-4-2-5-9-17)26(36)27-19-10-6-3-7-11-19/h2-11,21,24H,12-15H2,1H3,(H,27,36)(H,28,32)(H,34,35)/t21-,24?/m1/s1. The number of carboxylic acid groups (broad SMARTS) is 1. The average Bonchev–Trinajstić information content (AvgIpc) is 2.93. The Morgan fingerprint density at radius 3 is 2.36 bits per heavy atom. The van der Waals surface area contributed by atoms with Crippen LogP contribution in [0.25, 0.3) is 0 Å². The number of benzene rings is 2. The van der Waals surface area contributed by atoms with Gasteiger partial charge in [0.2, 0.25) is 5.91 Å². The molecule has 1 unspecified atom stereocenters. The van der Waals surface area contributed by atoms with E-state index in [2.05, 4.69) is 10.6 Å². The van der Waals surface area contributed by atoms with E-state index in [9.17, 15) is 29.1 Å². The quantitative estimate of drug-likeness (QED) is 0.227. The summed E-state index contributed by atoms with van der Waals surface area (Å²) in [6, 6.07) is 16.0. The van der Waals surface area contributed by atoms with Crippen LogP contribution in [0.4, 0.5) is 10.5 Å². The maximum absolute atomic E-state index is 12.9. The van der Waals surface area contributed by atoms with Crippen molar-refractivity contribution in [3.8, 4) is 0 Å². The summed E-state index contributed by atoms with van der Waals surface area (Å²) in [5.74, 6) is -3.00. The van der Waals surface area contributed by atoms with Gasteiger partial charge in [0.05, 0.1) is 0 Å². The average molecular weight is 555 g/mol. The van der Waals surface area contributed by atoms with Crippen LogP contribution < -0.4 is 10.6 Å². The van der Waals surface area contributed by atoms with Crippen LogP contribution in [0.2, 0.25) is 0 Å². The number of hydrogen-bond donors (Lipinski definition) is 3. The molecule has 3 N–H and O–H groups in total. The predicted octanol–water partition coefficient (Wildman–Crippen LogP) is 1.95. The van der Waals surface area contributed by atoms with Crippen molar-refractivity contribution in [3.05, 3.63) is 77.5 Å². The van der Waals surface area contributed by atoms with Gasteiger partial charge in [0, 0.05) is 23.9 Å². The van der Waals surface area contributed by atoms with E-state index in [0.29, 0.717) is 5.69 Å². The van der Waals surface area contributed by atoms with Gasteiger partial charge in [-0.2, -0.15) is 5.06 Å². The second-order valence-corrected chi connectivity index (χ2v) is 9.69. The molecule has 39 heavy (non-hydrogen) atoms. The number of anilines is 1. The second kappa shape index (κ2) is 12.5. The minimum Gasteiger partial charge on any atom is -0.477 e. The number of β-lactam (4-membered cyclic amide) rings is 1. The van der Waals surface area contributed by atoms with Gasteiger partial charge in [0.1, 0.15) is 36.9 Å². The molecule has 2 aliphatic heterocycles. The maximum Gasteiger partial charge on any atom is 0.352 e. The molecule has 0 radical (unpaired) electrons. The van der Waals surface area contributed by atoms with Gasteiger partial charge in [-0.3, -0.25) is 24.1 Å². The molecule has 4 rings (SSSR count). The lowest BCUT2D eigenvalue weighted by Gasteiger charge is -2.49. The number of aliphatic carboxylic acids is 1. The highest BCUT2D eigenvalue weighted by molar-refractivity contribution is 8.00. The minimum absolute atomic E-state index is 0.0167. The van der Waals surface area contributed by atoms with Crippen molar-refractivity contribution in [2.45, 2.75) is 24.9 Å². The Balaban J connectivity index is 1.42. The fourth-order valence-electron chi connectivity index (χ4n) is 3.94. The van der Waals surface area contributed by atoms with E-state index >= 15 is 0 Å². The van der Waals surface area contributed by atoms with Crippen LogP contribution in [-0.4, -0.2) is 75.2 Å². The monoisotopic (exact) mass is 554 g/mol. The highest BCUT2D eigenvalue weighted by Gasteiger charge is 2.54. The number of esters is 1. The summed E-state index contributed by atoms with van der Waals surface area (Å²) >= 11 is 1.24. The Bertz CT molecular complexity index is 1290. The molecule has 2 aromatic carbocycles. The lowest BCUT2D eigenvalue weighted by atomic mass is 10.0. The number of ether oxygens (including phenoxy) is 1. The third-order valence-electron chi connectivity index (χ3n) is 5.78. The molecule has 2 aromatic rings. The number of nitrogens with zero attached hydrogens (tertiary/aromatic N) is 2. The summed E-state index contributed by atoms with van der Waals surface area (Å²) in [6.45, 7) is 0.448. The number of rotatable bonds is 10. The summed E-state index contributed by atoms with van der Waals surface area (Å²) in [7, 11) is 0. The van der Waals surface area contributed by atoms with E-state index in [0.717, 1.165) is 15.5 Å². The van der Waals surface area contributed by atoms with E-state index in [1.165, 1.54) is 18.7 Å². The van der Waals surface area contributed by atoms with Crippen LogP contribution in [0.15, 0.2) is 71.9 Å².